The highest BCUT2D eigenvalue weighted by Gasteiger charge is 1.91. The number of nitrogens with one attached hydrogen (secondary N) is 2. The molecule has 0 fully saturated rings. The van der Waals surface area contributed by atoms with Crippen molar-refractivity contribution in [2.24, 2.45) is 0 Å². The van der Waals surface area contributed by atoms with Crippen molar-refractivity contribution in [1.29, 1.82) is 0 Å². The Morgan fingerprint density at radius 2 is 1.57 bits per heavy atom. The normalized spacial score (nSPS) is 7.14. The summed E-state index contributed by atoms with van der Waals surface area (Å²) in [7, 11) is 0. The Kier molecular flexibility index (Phi) is 15.0. The van der Waals surface area contributed by atoms with E-state index in [9.17, 15) is 4.79 Å². The van der Waals surface area contributed by atoms with Crippen LogP contribution in [0.2, 0.25) is 0 Å². The van der Waals surface area contributed by atoms with Crippen LogP contribution in [0.1, 0.15) is 14.9 Å². The van der Waals surface area contributed by atoms with Gasteiger partial charge in [-0.25, -0.2) is 0 Å². The van der Waals surface area contributed by atoms with E-state index in [0.717, 1.165) is 5.70 Å². The van der Waals surface area contributed by atoms with Crippen LogP contribution in [0.15, 0.2) is 37.6 Å². The summed E-state index contributed by atoms with van der Waals surface area (Å²) in [4.78, 5) is 10.6. The third-order valence-corrected chi connectivity index (χ3v) is 1.21. The fourth-order valence-corrected chi connectivity index (χ4v) is 0.553. The summed E-state index contributed by atoms with van der Waals surface area (Å²) in [5, 5.41) is 5.57. The molecule has 0 bridgehead atoms. The molecule has 1 amide bonds. The zero-order valence-electron chi connectivity index (χ0n) is 7.10. The Labute approximate surface area is 87.6 Å². The number of carbonyl (C=O) groups is 1. The van der Waals surface area contributed by atoms with Gasteiger partial charge in [0, 0.05) is 18.8 Å². The van der Waals surface area contributed by atoms with Crippen LogP contribution >= 0.6 is 0 Å². The molecule has 0 aromatic rings. The van der Waals surface area contributed by atoms with E-state index in [0.29, 0.717) is 13.1 Å². The molecule has 0 aliphatic carbocycles. The van der Waals surface area contributed by atoms with E-state index in [1.807, 2.05) is 0 Å². The minimum Gasteiger partial charge on any atom is -0.384 e. The van der Waals surface area contributed by atoms with Crippen molar-refractivity contribution >= 4 is 5.91 Å². The fourth-order valence-electron chi connectivity index (χ4n) is 0.553. The van der Waals surface area contributed by atoms with Gasteiger partial charge in [0.1, 0.15) is 0 Å². The second-order valence-electron chi connectivity index (χ2n) is 2.15. The summed E-state index contributed by atoms with van der Waals surface area (Å²) in [6, 6.07) is 0. The van der Waals surface area contributed by atoms with E-state index < -0.39 is 0 Å². The average Bonchev–Trinajstić information content (AvgIpc) is 2.11. The van der Waals surface area contributed by atoms with Gasteiger partial charge < -0.3 is 10.6 Å². The van der Waals surface area contributed by atoms with E-state index >= 15 is 0 Å². The number of allylic oxidation sites excluding steroid dienone is 1. The van der Waals surface area contributed by atoms with Gasteiger partial charge in [0.2, 0.25) is 5.91 Å². The van der Waals surface area contributed by atoms with Crippen molar-refractivity contribution in [2.45, 2.75) is 14.9 Å². The molecule has 2 N–H and O–H groups in total. The summed E-state index contributed by atoms with van der Waals surface area (Å²) >= 11 is 0. The predicted octanol–water partition coefficient (Wildman–Crippen LogP) is 1.85. The molecule has 0 spiro atoms. The van der Waals surface area contributed by atoms with E-state index in [2.05, 4.69) is 30.4 Å². The van der Waals surface area contributed by atoms with Gasteiger partial charge in [-0.05, 0) is 12.2 Å². The molecule has 0 saturated heterocycles. The standard InChI is InChI=1S/C9H14N2O.2CH4/c1-4-8(3)10-6-7-11-9(12)5-2;;/h4-5,10H,1-3,6-7H2,(H,11,12);2*1H4. The summed E-state index contributed by atoms with van der Waals surface area (Å²) in [5.41, 5.74) is 0.753. The Morgan fingerprint density at radius 3 is 2.00 bits per heavy atom. The molecule has 0 atom stereocenters. The molecule has 0 aromatic heterocycles. The maximum atomic E-state index is 10.6. The second kappa shape index (κ2) is 11.5. The first kappa shape index (κ1) is 18.3. The Bertz CT molecular complexity index is 175. The largest absolute Gasteiger partial charge is 0.384 e. The maximum Gasteiger partial charge on any atom is 0.243 e. The van der Waals surface area contributed by atoms with Gasteiger partial charge in [0.15, 0.2) is 0 Å². The van der Waals surface area contributed by atoms with Crippen LogP contribution in [0, 0.1) is 0 Å². The topological polar surface area (TPSA) is 41.1 Å². The first-order valence-corrected chi connectivity index (χ1v) is 3.66. The molecule has 3 heteroatoms. The molecule has 3 nitrogen and oxygen atoms in total. The maximum absolute atomic E-state index is 10.6. The highest BCUT2D eigenvalue weighted by atomic mass is 16.1. The Hall–Kier alpha value is -1.51. The summed E-state index contributed by atoms with van der Waals surface area (Å²) in [6.45, 7) is 11.7. The highest BCUT2D eigenvalue weighted by Crippen LogP contribution is 1.80. The average molecular weight is 198 g/mol. The molecule has 14 heavy (non-hydrogen) atoms. The van der Waals surface area contributed by atoms with E-state index in [1.165, 1.54) is 6.08 Å². The van der Waals surface area contributed by atoms with E-state index in [4.69, 9.17) is 0 Å². The Balaban J connectivity index is -0.000000605. The molecule has 0 aliphatic heterocycles. The minimum absolute atomic E-state index is 0. The molecule has 0 aromatic carbocycles. The van der Waals surface area contributed by atoms with Gasteiger partial charge in [-0.2, -0.15) is 0 Å². The molecule has 0 unspecified atom stereocenters. The van der Waals surface area contributed by atoms with Crippen LogP contribution in [0.3, 0.4) is 0 Å². The van der Waals surface area contributed by atoms with Crippen LogP contribution < -0.4 is 10.6 Å². The lowest BCUT2D eigenvalue weighted by Crippen LogP contribution is -2.29. The van der Waals surface area contributed by atoms with Gasteiger partial charge >= 0.3 is 0 Å². The fraction of sp³-hybridized carbons (Fsp3) is 0.364. The number of hydrogen-bond acceptors (Lipinski definition) is 2. The minimum atomic E-state index is -0.166. The third-order valence-electron chi connectivity index (χ3n) is 1.21. The van der Waals surface area contributed by atoms with Gasteiger partial charge in [-0.1, -0.05) is 34.6 Å². The highest BCUT2D eigenvalue weighted by molar-refractivity contribution is 5.86. The van der Waals surface area contributed by atoms with E-state index in [-0.39, 0.29) is 20.8 Å². The SMILES string of the molecule is C.C.C=CC(=C)NCCNC(=O)C=C. The predicted molar refractivity (Wildman–Crippen MR) is 64.0 cm³/mol. The Morgan fingerprint density at radius 1 is 1.07 bits per heavy atom. The van der Waals surface area contributed by atoms with Crippen molar-refractivity contribution in [2.75, 3.05) is 13.1 Å². The molecular formula is C11H22N2O. The van der Waals surface area contributed by atoms with Crippen LogP contribution in [0.5, 0.6) is 0 Å². The molecule has 0 aliphatic rings. The van der Waals surface area contributed by atoms with Crippen LogP contribution in [-0.4, -0.2) is 19.0 Å². The van der Waals surface area contributed by atoms with Crippen molar-refractivity contribution in [3.05, 3.63) is 37.6 Å². The number of carbonyl (C=O) groups excluding carboxylic acids is 1. The zero-order chi connectivity index (χ0) is 9.40. The lowest BCUT2D eigenvalue weighted by Gasteiger charge is -2.05. The molecule has 0 rings (SSSR count). The monoisotopic (exact) mass is 198 g/mol. The third kappa shape index (κ3) is 10.5. The first-order chi connectivity index (χ1) is 5.70. The molecule has 0 saturated carbocycles. The molecule has 82 valence electrons. The van der Waals surface area contributed by atoms with Crippen LogP contribution in [-0.2, 0) is 4.79 Å². The lowest BCUT2D eigenvalue weighted by atomic mass is 10.4. The van der Waals surface area contributed by atoms with Crippen LogP contribution in [0.25, 0.3) is 0 Å². The van der Waals surface area contributed by atoms with Gasteiger partial charge in [0.25, 0.3) is 0 Å². The molecule has 0 heterocycles. The van der Waals surface area contributed by atoms with E-state index in [1.54, 1.807) is 6.08 Å². The van der Waals surface area contributed by atoms with Crippen molar-refractivity contribution in [1.82, 2.24) is 10.6 Å². The van der Waals surface area contributed by atoms with Gasteiger partial charge in [-0.15, -0.1) is 0 Å². The smallest absolute Gasteiger partial charge is 0.243 e. The van der Waals surface area contributed by atoms with Crippen molar-refractivity contribution in [3.63, 3.8) is 0 Å². The number of hydrogen-bond donors (Lipinski definition) is 2. The summed E-state index contributed by atoms with van der Waals surface area (Å²) < 4.78 is 0. The summed E-state index contributed by atoms with van der Waals surface area (Å²) in [6.07, 6.45) is 2.86. The molecular weight excluding hydrogens is 176 g/mol. The molecule has 0 radical (unpaired) electrons. The van der Waals surface area contributed by atoms with Gasteiger partial charge in [0.05, 0.1) is 0 Å². The summed E-state index contributed by atoms with van der Waals surface area (Å²) in [5.74, 6) is -0.166. The van der Waals surface area contributed by atoms with Gasteiger partial charge in [-0.3, -0.25) is 4.79 Å². The number of rotatable bonds is 6. The quantitative estimate of drug-likeness (QED) is 0.388. The van der Waals surface area contributed by atoms with Crippen molar-refractivity contribution < 1.29 is 4.79 Å². The van der Waals surface area contributed by atoms with Crippen LogP contribution in [0.4, 0.5) is 0 Å². The zero-order valence-corrected chi connectivity index (χ0v) is 7.10. The lowest BCUT2D eigenvalue weighted by molar-refractivity contribution is -0.116. The number of amides is 1. The second-order valence-corrected chi connectivity index (χ2v) is 2.15. The van der Waals surface area contributed by atoms with Crippen molar-refractivity contribution in [3.8, 4) is 0 Å². The first-order valence-electron chi connectivity index (χ1n) is 3.66.